The van der Waals surface area contributed by atoms with Gasteiger partial charge >= 0.3 is 0 Å². The van der Waals surface area contributed by atoms with Crippen LogP contribution in [0.2, 0.25) is 0 Å². The van der Waals surface area contributed by atoms with E-state index in [1.54, 1.807) is 0 Å². The van der Waals surface area contributed by atoms with E-state index in [2.05, 4.69) is 35.6 Å². The molecule has 0 aromatic heterocycles. The Morgan fingerprint density at radius 2 is 2.13 bits per heavy atom. The van der Waals surface area contributed by atoms with Gasteiger partial charge in [-0.25, -0.2) is 0 Å². The second-order valence-corrected chi connectivity index (χ2v) is 4.15. The van der Waals surface area contributed by atoms with Gasteiger partial charge < -0.3 is 10.1 Å². The molecule has 1 saturated heterocycles. The molecule has 1 heterocycles. The molecule has 0 aliphatic carbocycles. The van der Waals surface area contributed by atoms with Gasteiger partial charge in [-0.05, 0) is 25.5 Å². The summed E-state index contributed by atoms with van der Waals surface area (Å²) in [5.41, 5.74) is 1.37. The van der Waals surface area contributed by atoms with Crippen molar-refractivity contribution in [3.63, 3.8) is 0 Å². The zero-order valence-corrected chi connectivity index (χ0v) is 9.28. The Morgan fingerprint density at radius 1 is 1.33 bits per heavy atom. The molecule has 0 saturated carbocycles. The minimum Gasteiger partial charge on any atom is -0.381 e. The molecule has 0 radical (unpaired) electrons. The van der Waals surface area contributed by atoms with Crippen LogP contribution < -0.4 is 5.32 Å². The van der Waals surface area contributed by atoms with Crippen molar-refractivity contribution < 1.29 is 4.74 Å². The highest BCUT2D eigenvalue weighted by Gasteiger charge is 2.23. The van der Waals surface area contributed by atoms with Crippen LogP contribution >= 0.6 is 0 Å². The van der Waals surface area contributed by atoms with Gasteiger partial charge in [-0.15, -0.1) is 0 Å². The fourth-order valence-corrected chi connectivity index (χ4v) is 2.36. The summed E-state index contributed by atoms with van der Waals surface area (Å²) in [7, 11) is 2.03. The van der Waals surface area contributed by atoms with Crippen molar-refractivity contribution in [1.29, 1.82) is 0 Å². The lowest BCUT2D eigenvalue weighted by Crippen LogP contribution is -2.31. The molecule has 2 unspecified atom stereocenters. The van der Waals surface area contributed by atoms with Crippen molar-refractivity contribution >= 4 is 0 Å². The Bertz CT molecular complexity index is 280. The first-order chi connectivity index (χ1) is 7.42. The molecular formula is C13H19NO. The molecular weight excluding hydrogens is 186 g/mol. The largest absolute Gasteiger partial charge is 0.381 e. The minimum absolute atomic E-state index is 0.437. The van der Waals surface area contributed by atoms with E-state index in [4.69, 9.17) is 4.74 Å². The van der Waals surface area contributed by atoms with Crippen LogP contribution in [0, 0.1) is 5.92 Å². The Hall–Kier alpha value is -0.860. The summed E-state index contributed by atoms with van der Waals surface area (Å²) in [5, 5.41) is 3.41. The van der Waals surface area contributed by atoms with E-state index in [1.165, 1.54) is 18.4 Å². The summed E-state index contributed by atoms with van der Waals surface area (Å²) in [5.74, 6) is 0.617. The van der Waals surface area contributed by atoms with E-state index in [0.29, 0.717) is 12.0 Å². The van der Waals surface area contributed by atoms with Crippen LogP contribution in [0.25, 0.3) is 0 Å². The van der Waals surface area contributed by atoms with Crippen molar-refractivity contribution in [2.24, 2.45) is 5.92 Å². The molecule has 1 fully saturated rings. The molecule has 1 aromatic rings. The highest BCUT2D eigenvalue weighted by atomic mass is 16.5. The van der Waals surface area contributed by atoms with Crippen LogP contribution in [0.5, 0.6) is 0 Å². The summed E-state index contributed by atoms with van der Waals surface area (Å²) in [6, 6.07) is 11.1. The average Bonchev–Trinajstić information content (AvgIpc) is 2.33. The Balaban J connectivity index is 2.09. The van der Waals surface area contributed by atoms with Crippen molar-refractivity contribution in [2.75, 3.05) is 20.3 Å². The fourth-order valence-electron chi connectivity index (χ4n) is 2.36. The third-order valence-corrected chi connectivity index (χ3v) is 3.14. The van der Waals surface area contributed by atoms with Crippen molar-refractivity contribution in [3.05, 3.63) is 35.9 Å². The van der Waals surface area contributed by atoms with Gasteiger partial charge in [0.15, 0.2) is 0 Å². The normalized spacial score (nSPS) is 23.7. The third-order valence-electron chi connectivity index (χ3n) is 3.14. The SMILES string of the molecule is CNC(c1ccccc1)C1CCCOC1. The Labute approximate surface area is 91.6 Å². The Morgan fingerprint density at radius 3 is 2.73 bits per heavy atom. The van der Waals surface area contributed by atoms with Gasteiger partial charge in [-0.2, -0.15) is 0 Å². The molecule has 1 aromatic carbocycles. The van der Waals surface area contributed by atoms with E-state index in [1.807, 2.05) is 7.05 Å². The second-order valence-electron chi connectivity index (χ2n) is 4.15. The van der Waals surface area contributed by atoms with Crippen molar-refractivity contribution in [1.82, 2.24) is 5.32 Å². The van der Waals surface area contributed by atoms with Gasteiger partial charge in [0.25, 0.3) is 0 Å². The molecule has 0 spiro atoms. The van der Waals surface area contributed by atoms with Gasteiger partial charge in [0.2, 0.25) is 0 Å². The molecule has 2 heteroatoms. The lowest BCUT2D eigenvalue weighted by Gasteiger charge is -2.30. The van der Waals surface area contributed by atoms with E-state index in [9.17, 15) is 0 Å². The maximum atomic E-state index is 5.55. The molecule has 2 atom stereocenters. The third kappa shape index (κ3) is 2.58. The summed E-state index contributed by atoms with van der Waals surface area (Å²) in [4.78, 5) is 0. The molecule has 2 rings (SSSR count). The van der Waals surface area contributed by atoms with Crippen molar-refractivity contribution in [2.45, 2.75) is 18.9 Å². The molecule has 0 bridgehead atoms. The van der Waals surface area contributed by atoms with Crippen LogP contribution in [-0.2, 0) is 4.74 Å². The standard InChI is InChI=1S/C13H19NO/c1-14-13(11-6-3-2-4-7-11)12-8-5-9-15-10-12/h2-4,6-7,12-14H,5,8-10H2,1H3. The molecule has 15 heavy (non-hydrogen) atoms. The van der Waals surface area contributed by atoms with E-state index < -0.39 is 0 Å². The van der Waals surface area contributed by atoms with Gasteiger partial charge in [0.1, 0.15) is 0 Å². The monoisotopic (exact) mass is 205 g/mol. The van der Waals surface area contributed by atoms with Crippen LogP contribution in [0.15, 0.2) is 30.3 Å². The summed E-state index contributed by atoms with van der Waals surface area (Å²) in [6.45, 7) is 1.82. The number of benzene rings is 1. The number of hydrogen-bond donors (Lipinski definition) is 1. The van der Waals surface area contributed by atoms with Gasteiger partial charge in [0.05, 0.1) is 6.61 Å². The molecule has 82 valence electrons. The molecule has 0 amide bonds. The lowest BCUT2D eigenvalue weighted by molar-refractivity contribution is 0.0402. The fraction of sp³-hybridized carbons (Fsp3) is 0.538. The summed E-state index contributed by atoms with van der Waals surface area (Å²) < 4.78 is 5.55. The first-order valence-corrected chi connectivity index (χ1v) is 5.72. The lowest BCUT2D eigenvalue weighted by atomic mass is 9.89. The van der Waals surface area contributed by atoms with Crippen LogP contribution in [0.1, 0.15) is 24.4 Å². The first kappa shape index (κ1) is 10.7. The van der Waals surface area contributed by atoms with Crippen molar-refractivity contribution in [3.8, 4) is 0 Å². The van der Waals surface area contributed by atoms with E-state index >= 15 is 0 Å². The number of ether oxygens (including phenoxy) is 1. The number of hydrogen-bond acceptors (Lipinski definition) is 2. The first-order valence-electron chi connectivity index (χ1n) is 5.72. The quantitative estimate of drug-likeness (QED) is 0.818. The maximum absolute atomic E-state index is 5.55. The Kier molecular flexibility index (Phi) is 3.75. The van der Waals surface area contributed by atoms with Gasteiger partial charge in [-0.1, -0.05) is 30.3 Å². The average molecular weight is 205 g/mol. The predicted octanol–water partition coefficient (Wildman–Crippen LogP) is 2.37. The van der Waals surface area contributed by atoms with Gasteiger partial charge in [0, 0.05) is 18.6 Å². The topological polar surface area (TPSA) is 21.3 Å². The second kappa shape index (κ2) is 5.29. The number of rotatable bonds is 3. The zero-order chi connectivity index (χ0) is 10.5. The van der Waals surface area contributed by atoms with Gasteiger partial charge in [-0.3, -0.25) is 0 Å². The van der Waals surface area contributed by atoms with Crippen LogP contribution in [0.4, 0.5) is 0 Å². The van der Waals surface area contributed by atoms with E-state index in [-0.39, 0.29) is 0 Å². The zero-order valence-electron chi connectivity index (χ0n) is 9.28. The maximum Gasteiger partial charge on any atom is 0.0512 e. The van der Waals surface area contributed by atoms with E-state index in [0.717, 1.165) is 13.2 Å². The van der Waals surface area contributed by atoms with Crippen LogP contribution in [0.3, 0.4) is 0 Å². The highest BCUT2D eigenvalue weighted by Crippen LogP contribution is 2.28. The minimum atomic E-state index is 0.437. The molecule has 1 aliphatic heterocycles. The highest BCUT2D eigenvalue weighted by molar-refractivity contribution is 5.19. The summed E-state index contributed by atoms with van der Waals surface area (Å²) >= 11 is 0. The summed E-state index contributed by atoms with van der Waals surface area (Å²) in [6.07, 6.45) is 2.45. The predicted molar refractivity (Wildman–Crippen MR) is 61.8 cm³/mol. The van der Waals surface area contributed by atoms with Crippen LogP contribution in [-0.4, -0.2) is 20.3 Å². The molecule has 1 N–H and O–H groups in total. The molecule has 2 nitrogen and oxygen atoms in total. The molecule has 1 aliphatic rings. The smallest absolute Gasteiger partial charge is 0.0512 e. The number of nitrogens with one attached hydrogen (secondary N) is 1.